The Bertz CT molecular complexity index is 487. The number of nitrogens with zero attached hydrogens (tertiary/aromatic N) is 2. The SMILES string of the molecule is CN(C)C(=O)N1CCC2(CCc3ccccc32)CC1. The van der Waals surface area contributed by atoms with Gasteiger partial charge in [0.25, 0.3) is 0 Å². The third-order valence-corrected chi connectivity index (χ3v) is 4.84. The first-order valence-electron chi connectivity index (χ1n) is 7.17. The van der Waals surface area contributed by atoms with Crippen LogP contribution in [-0.4, -0.2) is 43.0 Å². The molecule has 3 rings (SSSR count). The fraction of sp³-hybridized carbons (Fsp3) is 0.562. The summed E-state index contributed by atoms with van der Waals surface area (Å²) in [4.78, 5) is 15.7. The van der Waals surface area contributed by atoms with E-state index < -0.39 is 0 Å². The first-order chi connectivity index (χ1) is 9.12. The summed E-state index contributed by atoms with van der Waals surface area (Å²) in [6.07, 6.45) is 4.70. The maximum atomic E-state index is 12.0. The number of fused-ring (bicyclic) bond motifs is 2. The summed E-state index contributed by atoms with van der Waals surface area (Å²) in [5.74, 6) is 0. The number of rotatable bonds is 0. The summed E-state index contributed by atoms with van der Waals surface area (Å²) in [5.41, 5.74) is 3.42. The summed E-state index contributed by atoms with van der Waals surface area (Å²) in [6.45, 7) is 1.79. The molecule has 1 spiro atoms. The minimum Gasteiger partial charge on any atom is -0.331 e. The van der Waals surface area contributed by atoms with E-state index in [9.17, 15) is 4.79 Å². The Morgan fingerprint density at radius 3 is 2.53 bits per heavy atom. The van der Waals surface area contributed by atoms with Crippen molar-refractivity contribution >= 4 is 6.03 Å². The first-order valence-corrected chi connectivity index (χ1v) is 7.17. The van der Waals surface area contributed by atoms with E-state index in [1.165, 1.54) is 18.4 Å². The van der Waals surface area contributed by atoms with Crippen LogP contribution in [-0.2, 0) is 11.8 Å². The second kappa shape index (κ2) is 4.55. The zero-order chi connectivity index (χ0) is 13.5. The fourth-order valence-electron chi connectivity index (χ4n) is 3.69. The second-order valence-electron chi connectivity index (χ2n) is 6.10. The van der Waals surface area contributed by atoms with Crippen molar-refractivity contribution in [1.82, 2.24) is 9.80 Å². The molecule has 0 aromatic heterocycles. The minimum atomic E-state index is 0.154. The van der Waals surface area contributed by atoms with Crippen molar-refractivity contribution in [3.63, 3.8) is 0 Å². The van der Waals surface area contributed by atoms with Crippen LogP contribution < -0.4 is 0 Å². The van der Waals surface area contributed by atoms with Gasteiger partial charge in [0.15, 0.2) is 0 Å². The molecule has 3 heteroatoms. The number of carbonyl (C=O) groups is 1. The second-order valence-corrected chi connectivity index (χ2v) is 6.10. The van der Waals surface area contributed by atoms with Crippen molar-refractivity contribution in [2.75, 3.05) is 27.2 Å². The quantitative estimate of drug-likeness (QED) is 0.702. The Balaban J connectivity index is 1.76. The van der Waals surface area contributed by atoms with Crippen LogP contribution in [0.15, 0.2) is 24.3 Å². The molecule has 1 aliphatic heterocycles. The molecule has 0 saturated carbocycles. The maximum Gasteiger partial charge on any atom is 0.319 e. The van der Waals surface area contributed by atoms with Crippen LogP contribution in [0, 0.1) is 0 Å². The van der Waals surface area contributed by atoms with Crippen molar-refractivity contribution in [2.45, 2.75) is 31.1 Å². The van der Waals surface area contributed by atoms with Gasteiger partial charge in [0.2, 0.25) is 0 Å². The van der Waals surface area contributed by atoms with Crippen LogP contribution in [0.25, 0.3) is 0 Å². The summed E-state index contributed by atoms with van der Waals surface area (Å²) in [7, 11) is 3.66. The topological polar surface area (TPSA) is 23.6 Å². The molecular formula is C16H22N2O. The predicted octanol–water partition coefficient (Wildman–Crippen LogP) is 2.65. The van der Waals surface area contributed by atoms with Crippen LogP contribution in [0.5, 0.6) is 0 Å². The van der Waals surface area contributed by atoms with Crippen molar-refractivity contribution in [3.8, 4) is 0 Å². The van der Waals surface area contributed by atoms with Crippen LogP contribution in [0.2, 0.25) is 0 Å². The molecule has 1 aliphatic carbocycles. The average molecular weight is 258 g/mol. The lowest BCUT2D eigenvalue weighted by molar-refractivity contribution is 0.137. The molecule has 0 radical (unpaired) electrons. The number of carbonyl (C=O) groups excluding carboxylic acids is 1. The lowest BCUT2D eigenvalue weighted by Crippen LogP contribution is -2.47. The van der Waals surface area contributed by atoms with Crippen LogP contribution in [0.1, 0.15) is 30.4 Å². The fourth-order valence-corrected chi connectivity index (χ4v) is 3.69. The number of piperidine rings is 1. The molecule has 1 aromatic carbocycles. The first kappa shape index (κ1) is 12.5. The zero-order valence-corrected chi connectivity index (χ0v) is 11.9. The van der Waals surface area contributed by atoms with Crippen LogP contribution in [0.3, 0.4) is 0 Å². The highest BCUT2D eigenvalue weighted by Gasteiger charge is 2.41. The summed E-state index contributed by atoms with van der Waals surface area (Å²) in [5, 5.41) is 0. The van der Waals surface area contributed by atoms with Gasteiger partial charge in [-0.1, -0.05) is 24.3 Å². The van der Waals surface area contributed by atoms with Gasteiger partial charge in [-0.15, -0.1) is 0 Å². The predicted molar refractivity (Wildman–Crippen MR) is 76.3 cm³/mol. The van der Waals surface area contributed by atoms with E-state index >= 15 is 0 Å². The van der Waals surface area contributed by atoms with Gasteiger partial charge < -0.3 is 9.80 Å². The largest absolute Gasteiger partial charge is 0.331 e. The molecule has 19 heavy (non-hydrogen) atoms. The lowest BCUT2D eigenvalue weighted by Gasteiger charge is -2.40. The molecule has 0 atom stereocenters. The van der Waals surface area contributed by atoms with Crippen molar-refractivity contribution in [3.05, 3.63) is 35.4 Å². The van der Waals surface area contributed by atoms with Crippen molar-refractivity contribution in [2.24, 2.45) is 0 Å². The smallest absolute Gasteiger partial charge is 0.319 e. The van der Waals surface area contributed by atoms with Gasteiger partial charge >= 0.3 is 6.03 Å². The Kier molecular flexibility index (Phi) is 3.00. The maximum absolute atomic E-state index is 12.0. The standard InChI is InChI=1S/C16H22N2O/c1-17(2)15(19)18-11-9-16(10-12-18)8-7-13-5-3-4-6-14(13)16/h3-6H,7-12H2,1-2H3. The monoisotopic (exact) mass is 258 g/mol. The average Bonchev–Trinajstić information content (AvgIpc) is 2.78. The van der Waals surface area contributed by atoms with Gasteiger partial charge in [-0.25, -0.2) is 4.79 Å². The highest BCUT2D eigenvalue weighted by Crippen LogP contribution is 2.46. The summed E-state index contributed by atoms with van der Waals surface area (Å²) >= 11 is 0. The third kappa shape index (κ3) is 2.01. The number of benzene rings is 1. The molecule has 2 amide bonds. The van der Waals surface area contributed by atoms with E-state index in [1.807, 2.05) is 19.0 Å². The molecule has 0 bridgehead atoms. The molecule has 1 heterocycles. The molecule has 3 nitrogen and oxygen atoms in total. The Morgan fingerprint density at radius 2 is 1.84 bits per heavy atom. The Labute approximate surface area is 115 Å². The van der Waals surface area contributed by atoms with Crippen molar-refractivity contribution in [1.29, 1.82) is 0 Å². The van der Waals surface area contributed by atoms with Gasteiger partial charge in [0, 0.05) is 27.2 Å². The minimum absolute atomic E-state index is 0.154. The molecular weight excluding hydrogens is 236 g/mol. The number of urea groups is 1. The van der Waals surface area contributed by atoms with Gasteiger partial charge in [-0.3, -0.25) is 0 Å². The summed E-state index contributed by atoms with van der Waals surface area (Å²) < 4.78 is 0. The van der Waals surface area contributed by atoms with Gasteiger partial charge in [-0.2, -0.15) is 0 Å². The van der Waals surface area contributed by atoms with E-state index in [-0.39, 0.29) is 6.03 Å². The van der Waals surface area contributed by atoms with E-state index in [1.54, 1.807) is 10.5 Å². The molecule has 102 valence electrons. The molecule has 1 saturated heterocycles. The lowest BCUT2D eigenvalue weighted by atomic mass is 9.74. The Hall–Kier alpha value is -1.51. The van der Waals surface area contributed by atoms with E-state index in [0.717, 1.165) is 25.9 Å². The molecule has 0 N–H and O–H groups in total. The van der Waals surface area contributed by atoms with E-state index in [0.29, 0.717) is 5.41 Å². The van der Waals surface area contributed by atoms with Gasteiger partial charge in [0.1, 0.15) is 0 Å². The number of amides is 2. The van der Waals surface area contributed by atoms with E-state index in [2.05, 4.69) is 24.3 Å². The molecule has 2 aliphatic rings. The van der Waals surface area contributed by atoms with Gasteiger partial charge in [0.05, 0.1) is 0 Å². The van der Waals surface area contributed by atoms with Gasteiger partial charge in [-0.05, 0) is 42.2 Å². The number of likely N-dealkylation sites (tertiary alicyclic amines) is 1. The van der Waals surface area contributed by atoms with Crippen LogP contribution in [0.4, 0.5) is 4.79 Å². The highest BCUT2D eigenvalue weighted by atomic mass is 16.2. The molecule has 1 fully saturated rings. The number of hydrogen-bond acceptors (Lipinski definition) is 1. The zero-order valence-electron chi connectivity index (χ0n) is 11.9. The number of aryl methyl sites for hydroxylation is 1. The summed E-state index contributed by atoms with van der Waals surface area (Å²) in [6, 6.07) is 9.01. The molecule has 1 aromatic rings. The molecule has 0 unspecified atom stereocenters. The highest BCUT2D eigenvalue weighted by molar-refractivity contribution is 5.74. The Morgan fingerprint density at radius 1 is 1.16 bits per heavy atom. The number of hydrogen-bond donors (Lipinski definition) is 0. The third-order valence-electron chi connectivity index (χ3n) is 4.84. The van der Waals surface area contributed by atoms with Crippen molar-refractivity contribution < 1.29 is 4.79 Å². The van der Waals surface area contributed by atoms with E-state index in [4.69, 9.17) is 0 Å². The van der Waals surface area contributed by atoms with Crippen LogP contribution >= 0.6 is 0 Å². The normalized spacial score (nSPS) is 20.4.